The first-order valence-electron chi connectivity index (χ1n) is 7.11. The molecule has 0 fully saturated rings. The molecular formula is C17H19NO2S. The fraction of sp³-hybridized carbons (Fsp3) is 0.294. The Morgan fingerprint density at radius 2 is 2.10 bits per heavy atom. The van der Waals surface area contributed by atoms with Crippen molar-refractivity contribution in [3.05, 3.63) is 53.6 Å². The molecule has 2 aromatic rings. The summed E-state index contributed by atoms with van der Waals surface area (Å²) in [7, 11) is -1.02. The van der Waals surface area contributed by atoms with Gasteiger partial charge in [0.25, 0.3) is 0 Å². The largest absolute Gasteiger partial charge is 0.493 e. The third-order valence-electron chi connectivity index (χ3n) is 3.94. The molecule has 0 saturated heterocycles. The zero-order chi connectivity index (χ0) is 14.8. The number of anilines is 1. The van der Waals surface area contributed by atoms with Crippen molar-refractivity contribution in [3.8, 4) is 5.75 Å². The van der Waals surface area contributed by atoms with Gasteiger partial charge in [-0.15, -0.1) is 0 Å². The van der Waals surface area contributed by atoms with Gasteiger partial charge in [0.1, 0.15) is 5.75 Å². The lowest BCUT2D eigenvalue weighted by Crippen LogP contribution is -2.19. The second kappa shape index (κ2) is 5.90. The van der Waals surface area contributed by atoms with Gasteiger partial charge in [-0.2, -0.15) is 0 Å². The van der Waals surface area contributed by atoms with Gasteiger partial charge >= 0.3 is 0 Å². The molecule has 3 nitrogen and oxygen atoms in total. The number of nitrogens with two attached hydrogens (primary N) is 1. The molecule has 2 N–H and O–H groups in total. The molecule has 0 amide bonds. The average Bonchev–Trinajstić information content (AvgIpc) is 2.50. The third-order valence-corrected chi connectivity index (χ3v) is 5.42. The van der Waals surface area contributed by atoms with Crippen LogP contribution < -0.4 is 10.5 Å². The van der Waals surface area contributed by atoms with Crippen LogP contribution in [0.1, 0.15) is 23.5 Å². The van der Waals surface area contributed by atoms with E-state index in [1.54, 1.807) is 0 Å². The van der Waals surface area contributed by atoms with Crippen LogP contribution in [0.15, 0.2) is 47.4 Å². The molecule has 2 atom stereocenters. The highest BCUT2D eigenvalue weighted by Gasteiger charge is 2.23. The van der Waals surface area contributed by atoms with Gasteiger partial charge in [-0.1, -0.05) is 18.2 Å². The van der Waals surface area contributed by atoms with Crippen LogP contribution in [0.5, 0.6) is 5.75 Å². The van der Waals surface area contributed by atoms with Crippen molar-refractivity contribution >= 4 is 16.5 Å². The smallest absolute Gasteiger partial charge is 0.122 e. The standard InChI is InChI=1S/C17H19NO2S/c1-12-10-14(6-7-16(12)18)21(19)11-13-8-9-20-17-5-3-2-4-15(13)17/h2-7,10,13H,8-9,11,18H2,1H3. The molecule has 110 valence electrons. The van der Waals surface area contributed by atoms with Crippen molar-refractivity contribution in [1.29, 1.82) is 0 Å². The maximum absolute atomic E-state index is 12.6. The lowest BCUT2D eigenvalue weighted by atomic mass is 9.95. The lowest BCUT2D eigenvalue weighted by molar-refractivity contribution is 0.273. The molecule has 1 heterocycles. The Kier molecular flexibility index (Phi) is 3.97. The van der Waals surface area contributed by atoms with E-state index >= 15 is 0 Å². The van der Waals surface area contributed by atoms with E-state index in [4.69, 9.17) is 10.5 Å². The Morgan fingerprint density at radius 1 is 1.29 bits per heavy atom. The topological polar surface area (TPSA) is 52.3 Å². The summed E-state index contributed by atoms with van der Waals surface area (Å²) in [5.41, 5.74) is 8.71. The van der Waals surface area contributed by atoms with E-state index < -0.39 is 10.8 Å². The number of aryl methyl sites for hydroxylation is 1. The molecule has 0 aromatic heterocycles. The van der Waals surface area contributed by atoms with Gasteiger partial charge in [0.15, 0.2) is 0 Å². The van der Waals surface area contributed by atoms with Crippen LogP contribution in [0.4, 0.5) is 5.69 Å². The van der Waals surface area contributed by atoms with E-state index in [9.17, 15) is 4.21 Å². The normalized spacial score (nSPS) is 18.6. The van der Waals surface area contributed by atoms with Gasteiger partial charge in [0.05, 0.1) is 17.4 Å². The second-order valence-electron chi connectivity index (χ2n) is 5.40. The van der Waals surface area contributed by atoms with Crippen LogP contribution >= 0.6 is 0 Å². The van der Waals surface area contributed by atoms with E-state index in [1.165, 1.54) is 5.56 Å². The summed E-state index contributed by atoms with van der Waals surface area (Å²) < 4.78 is 18.3. The second-order valence-corrected chi connectivity index (χ2v) is 6.90. The minimum absolute atomic E-state index is 0.286. The number of rotatable bonds is 3. The summed E-state index contributed by atoms with van der Waals surface area (Å²) in [5.74, 6) is 1.84. The highest BCUT2D eigenvalue weighted by Crippen LogP contribution is 2.34. The maximum atomic E-state index is 12.6. The molecule has 0 aliphatic carbocycles. The van der Waals surface area contributed by atoms with E-state index in [1.807, 2.05) is 43.3 Å². The quantitative estimate of drug-likeness (QED) is 0.885. The molecule has 21 heavy (non-hydrogen) atoms. The molecule has 4 heteroatoms. The highest BCUT2D eigenvalue weighted by atomic mass is 32.2. The highest BCUT2D eigenvalue weighted by molar-refractivity contribution is 7.85. The van der Waals surface area contributed by atoms with Gasteiger partial charge < -0.3 is 10.5 Å². The predicted molar refractivity (Wildman–Crippen MR) is 86.2 cm³/mol. The van der Waals surface area contributed by atoms with Gasteiger partial charge in [-0.3, -0.25) is 4.21 Å². The van der Waals surface area contributed by atoms with Crippen molar-refractivity contribution in [3.63, 3.8) is 0 Å². The predicted octanol–water partition coefficient (Wildman–Crippen LogP) is 3.25. The van der Waals surface area contributed by atoms with E-state index in [0.29, 0.717) is 12.4 Å². The minimum atomic E-state index is -1.02. The van der Waals surface area contributed by atoms with Crippen LogP contribution in [0.25, 0.3) is 0 Å². The molecule has 3 rings (SSSR count). The lowest BCUT2D eigenvalue weighted by Gasteiger charge is -2.25. The van der Waals surface area contributed by atoms with Crippen molar-refractivity contribution in [1.82, 2.24) is 0 Å². The number of hydrogen-bond donors (Lipinski definition) is 1. The Balaban J connectivity index is 1.81. The minimum Gasteiger partial charge on any atom is -0.493 e. The van der Waals surface area contributed by atoms with E-state index in [2.05, 4.69) is 6.07 Å². The Bertz CT molecular complexity index is 684. The van der Waals surface area contributed by atoms with Crippen molar-refractivity contribution < 1.29 is 8.95 Å². The number of fused-ring (bicyclic) bond motifs is 1. The number of ether oxygens (including phenoxy) is 1. The monoisotopic (exact) mass is 301 g/mol. The SMILES string of the molecule is Cc1cc(S(=O)CC2CCOc3ccccc32)ccc1N. The van der Waals surface area contributed by atoms with Crippen LogP contribution in [0, 0.1) is 6.92 Å². The Hall–Kier alpha value is -1.81. The first kappa shape index (κ1) is 14.1. The number of para-hydroxylation sites is 1. The zero-order valence-electron chi connectivity index (χ0n) is 12.0. The molecule has 0 bridgehead atoms. The van der Waals surface area contributed by atoms with Crippen molar-refractivity contribution in [2.75, 3.05) is 18.1 Å². The van der Waals surface area contributed by atoms with Crippen molar-refractivity contribution in [2.24, 2.45) is 0 Å². The molecule has 0 spiro atoms. The number of nitrogen functional groups attached to an aromatic ring is 1. The van der Waals surface area contributed by atoms with Crippen molar-refractivity contribution in [2.45, 2.75) is 24.2 Å². The summed E-state index contributed by atoms with van der Waals surface area (Å²) >= 11 is 0. The van der Waals surface area contributed by atoms with Crippen LogP contribution in [-0.2, 0) is 10.8 Å². The van der Waals surface area contributed by atoms with Gasteiger partial charge in [0, 0.05) is 22.3 Å². The molecule has 2 aromatic carbocycles. The molecule has 0 radical (unpaired) electrons. The summed E-state index contributed by atoms with van der Waals surface area (Å²) in [6.45, 7) is 2.64. The summed E-state index contributed by atoms with van der Waals surface area (Å²) in [6, 6.07) is 13.7. The van der Waals surface area contributed by atoms with E-state index in [-0.39, 0.29) is 5.92 Å². The first-order chi connectivity index (χ1) is 10.1. The van der Waals surface area contributed by atoms with Gasteiger partial charge in [-0.05, 0) is 48.7 Å². The number of hydrogen-bond acceptors (Lipinski definition) is 3. The third kappa shape index (κ3) is 2.95. The zero-order valence-corrected chi connectivity index (χ0v) is 12.9. The summed E-state index contributed by atoms with van der Waals surface area (Å²) in [4.78, 5) is 0.852. The Labute approximate surface area is 127 Å². The number of benzene rings is 2. The van der Waals surface area contributed by atoms with Crippen LogP contribution in [-0.4, -0.2) is 16.6 Å². The molecule has 0 saturated carbocycles. The average molecular weight is 301 g/mol. The molecular weight excluding hydrogens is 282 g/mol. The summed E-state index contributed by atoms with van der Waals surface area (Å²) in [5, 5.41) is 0. The van der Waals surface area contributed by atoms with Gasteiger partial charge in [-0.25, -0.2) is 0 Å². The first-order valence-corrected chi connectivity index (χ1v) is 8.43. The Morgan fingerprint density at radius 3 is 2.90 bits per heavy atom. The van der Waals surface area contributed by atoms with Gasteiger partial charge in [0.2, 0.25) is 0 Å². The van der Waals surface area contributed by atoms with Crippen LogP contribution in [0.3, 0.4) is 0 Å². The van der Waals surface area contributed by atoms with E-state index in [0.717, 1.165) is 28.3 Å². The molecule has 1 aliphatic heterocycles. The summed E-state index contributed by atoms with van der Waals surface area (Å²) in [6.07, 6.45) is 0.913. The maximum Gasteiger partial charge on any atom is 0.122 e. The molecule has 1 aliphatic rings. The fourth-order valence-corrected chi connectivity index (χ4v) is 4.09. The molecule has 2 unspecified atom stereocenters. The fourth-order valence-electron chi connectivity index (χ4n) is 2.66. The van der Waals surface area contributed by atoms with Crippen LogP contribution in [0.2, 0.25) is 0 Å².